The van der Waals surface area contributed by atoms with Crippen LogP contribution in [-0.4, -0.2) is 11.0 Å². The molecule has 1 atom stereocenters. The summed E-state index contributed by atoms with van der Waals surface area (Å²) in [6, 6.07) is 26.5. The van der Waals surface area contributed by atoms with Crippen LogP contribution in [0.1, 0.15) is 40.5 Å². The maximum absolute atomic E-state index is 14.0. The summed E-state index contributed by atoms with van der Waals surface area (Å²) >= 11 is 0. The van der Waals surface area contributed by atoms with Gasteiger partial charge in [-0.3, -0.25) is 10.1 Å². The van der Waals surface area contributed by atoms with Crippen molar-refractivity contribution in [3.63, 3.8) is 0 Å². The van der Waals surface area contributed by atoms with Gasteiger partial charge in [0.2, 0.25) is 5.91 Å². The van der Waals surface area contributed by atoms with Crippen molar-refractivity contribution in [1.82, 2.24) is 10.6 Å². The summed E-state index contributed by atoms with van der Waals surface area (Å²) in [7, 11) is 0. The van der Waals surface area contributed by atoms with Gasteiger partial charge in [-0.05, 0) is 47.2 Å². The molecule has 0 bridgehead atoms. The number of carbonyl (C=O) groups is 1. The molecule has 4 aromatic carbocycles. The van der Waals surface area contributed by atoms with Crippen molar-refractivity contribution < 1.29 is 18.7 Å². The number of halogens is 2. The lowest BCUT2D eigenvalue weighted by Gasteiger charge is -2.19. The van der Waals surface area contributed by atoms with Gasteiger partial charge in [-0.15, -0.1) is 0 Å². The molecule has 4 aromatic rings. The van der Waals surface area contributed by atoms with Gasteiger partial charge < -0.3 is 10.4 Å². The van der Waals surface area contributed by atoms with Crippen LogP contribution in [0.5, 0.6) is 0 Å². The maximum Gasteiger partial charge on any atom is 0.220 e. The van der Waals surface area contributed by atoms with Crippen molar-refractivity contribution in [2.24, 2.45) is 0 Å². The van der Waals surface area contributed by atoms with Gasteiger partial charge in [-0.2, -0.15) is 0 Å². The molecule has 4 nitrogen and oxygen atoms in total. The van der Waals surface area contributed by atoms with Crippen LogP contribution >= 0.6 is 0 Å². The molecule has 0 aliphatic carbocycles. The minimum absolute atomic E-state index is 0.0280. The van der Waals surface area contributed by atoms with Gasteiger partial charge in [-0.1, -0.05) is 78.9 Å². The molecule has 1 unspecified atom stereocenters. The predicted molar refractivity (Wildman–Crippen MR) is 141 cm³/mol. The molecule has 0 spiro atoms. The topological polar surface area (TPSA) is 61.4 Å². The monoisotopic (exact) mass is 500 g/mol. The first kappa shape index (κ1) is 26.2. The molecule has 1 amide bonds. The number of nitrogens with one attached hydrogen (secondary N) is 2. The second-order valence-corrected chi connectivity index (χ2v) is 8.97. The van der Waals surface area contributed by atoms with Gasteiger partial charge in [0.05, 0.1) is 0 Å². The van der Waals surface area contributed by atoms with Crippen LogP contribution in [0.4, 0.5) is 8.78 Å². The van der Waals surface area contributed by atoms with Crippen molar-refractivity contribution in [2.45, 2.75) is 39.1 Å². The van der Waals surface area contributed by atoms with Crippen LogP contribution in [-0.2, 0) is 24.3 Å². The van der Waals surface area contributed by atoms with E-state index in [9.17, 15) is 18.7 Å². The molecule has 0 radical (unpaired) electrons. The summed E-state index contributed by atoms with van der Waals surface area (Å²) < 4.78 is 27.2. The first-order valence-corrected chi connectivity index (χ1v) is 12.3. The molecule has 37 heavy (non-hydrogen) atoms. The van der Waals surface area contributed by atoms with E-state index in [1.807, 2.05) is 73.7 Å². The van der Waals surface area contributed by atoms with Gasteiger partial charge in [0.15, 0.2) is 0 Å². The van der Waals surface area contributed by atoms with E-state index in [0.717, 1.165) is 28.3 Å². The third kappa shape index (κ3) is 6.88. The molecule has 0 saturated heterocycles. The van der Waals surface area contributed by atoms with E-state index in [-0.39, 0.29) is 18.0 Å². The van der Waals surface area contributed by atoms with Crippen molar-refractivity contribution in [3.05, 3.63) is 130 Å². The number of aryl methyl sites for hydroxylation is 2. The Labute approximate surface area is 216 Å². The minimum atomic E-state index is -1.09. The highest BCUT2D eigenvalue weighted by atomic mass is 19.1. The SMILES string of the molecule is Cc1ccccc1CCC(=O)NCc1ccccc1-c1ccccc1C(O)NCc1ccc(F)cc1F. The molecule has 0 aliphatic heterocycles. The summed E-state index contributed by atoms with van der Waals surface area (Å²) in [5.41, 5.74) is 5.80. The van der Waals surface area contributed by atoms with E-state index in [2.05, 4.69) is 10.6 Å². The fourth-order valence-corrected chi connectivity index (χ4v) is 4.32. The normalized spacial score (nSPS) is 11.8. The summed E-state index contributed by atoms with van der Waals surface area (Å²) in [5.74, 6) is -1.35. The van der Waals surface area contributed by atoms with Gasteiger partial charge in [-0.25, -0.2) is 8.78 Å². The van der Waals surface area contributed by atoms with E-state index < -0.39 is 17.9 Å². The lowest BCUT2D eigenvalue weighted by Crippen LogP contribution is -2.24. The fraction of sp³-hybridized carbons (Fsp3) is 0.194. The Morgan fingerprint density at radius 3 is 2.24 bits per heavy atom. The van der Waals surface area contributed by atoms with Gasteiger partial charge in [0.25, 0.3) is 0 Å². The second-order valence-electron chi connectivity index (χ2n) is 8.97. The summed E-state index contributed by atoms with van der Waals surface area (Å²) in [6.07, 6.45) is -0.0146. The van der Waals surface area contributed by atoms with E-state index in [4.69, 9.17) is 0 Å². The van der Waals surface area contributed by atoms with Crippen molar-refractivity contribution in [1.29, 1.82) is 0 Å². The molecule has 4 rings (SSSR count). The van der Waals surface area contributed by atoms with Gasteiger partial charge >= 0.3 is 0 Å². The Hall–Kier alpha value is -3.87. The van der Waals surface area contributed by atoms with E-state index in [1.54, 1.807) is 6.07 Å². The fourth-order valence-electron chi connectivity index (χ4n) is 4.32. The number of hydrogen-bond acceptors (Lipinski definition) is 3. The van der Waals surface area contributed by atoms with Crippen molar-refractivity contribution in [2.75, 3.05) is 0 Å². The molecule has 0 fully saturated rings. The van der Waals surface area contributed by atoms with Crippen LogP contribution in [0.15, 0.2) is 91.0 Å². The third-order valence-corrected chi connectivity index (χ3v) is 6.42. The van der Waals surface area contributed by atoms with Gasteiger partial charge in [0.1, 0.15) is 17.9 Å². The summed E-state index contributed by atoms with van der Waals surface area (Å²) in [6.45, 7) is 2.42. The van der Waals surface area contributed by atoms with Crippen molar-refractivity contribution in [3.8, 4) is 11.1 Å². The zero-order valence-electron chi connectivity index (χ0n) is 20.7. The van der Waals surface area contributed by atoms with E-state index in [0.29, 0.717) is 24.9 Å². The Morgan fingerprint density at radius 2 is 1.49 bits per heavy atom. The zero-order chi connectivity index (χ0) is 26.2. The molecular weight excluding hydrogens is 470 g/mol. The molecule has 0 heterocycles. The Bertz CT molecular complexity index is 1370. The van der Waals surface area contributed by atoms with Crippen LogP contribution in [0.3, 0.4) is 0 Å². The Balaban J connectivity index is 1.45. The summed E-state index contributed by atoms with van der Waals surface area (Å²) in [4.78, 5) is 12.6. The predicted octanol–water partition coefficient (Wildman–Crippen LogP) is 5.97. The molecule has 0 aromatic heterocycles. The number of aliphatic hydroxyl groups excluding tert-OH is 1. The molecule has 3 N–H and O–H groups in total. The lowest BCUT2D eigenvalue weighted by molar-refractivity contribution is -0.121. The number of benzene rings is 4. The lowest BCUT2D eigenvalue weighted by atomic mass is 9.94. The average molecular weight is 501 g/mol. The van der Waals surface area contributed by atoms with E-state index in [1.165, 1.54) is 17.7 Å². The van der Waals surface area contributed by atoms with Crippen LogP contribution in [0, 0.1) is 18.6 Å². The highest BCUT2D eigenvalue weighted by Crippen LogP contribution is 2.30. The van der Waals surface area contributed by atoms with Crippen LogP contribution in [0.2, 0.25) is 0 Å². The van der Waals surface area contributed by atoms with Crippen LogP contribution in [0.25, 0.3) is 11.1 Å². The largest absolute Gasteiger partial charge is 0.374 e. The Morgan fingerprint density at radius 1 is 0.811 bits per heavy atom. The first-order valence-electron chi connectivity index (χ1n) is 12.3. The van der Waals surface area contributed by atoms with Gasteiger partial charge in [0, 0.05) is 36.7 Å². The standard InChI is InChI=1S/C31H30F2N2O2/c1-21-8-2-3-9-22(21)15-17-30(36)34-19-23-10-4-5-11-26(23)27-12-6-7-13-28(27)31(37)35-20-24-14-16-25(32)18-29(24)33/h2-14,16,18,31,35,37H,15,17,19-20H2,1H3,(H,34,36). The maximum atomic E-state index is 14.0. The highest BCUT2D eigenvalue weighted by Gasteiger charge is 2.16. The molecule has 190 valence electrons. The third-order valence-electron chi connectivity index (χ3n) is 6.42. The number of hydrogen-bond donors (Lipinski definition) is 3. The van der Waals surface area contributed by atoms with Crippen LogP contribution < -0.4 is 10.6 Å². The molecular formula is C31H30F2N2O2. The molecule has 6 heteroatoms. The zero-order valence-corrected chi connectivity index (χ0v) is 20.7. The quantitative estimate of drug-likeness (QED) is 0.235. The minimum Gasteiger partial charge on any atom is -0.374 e. The van der Waals surface area contributed by atoms with Crippen molar-refractivity contribution >= 4 is 5.91 Å². The molecule has 0 aliphatic rings. The van der Waals surface area contributed by atoms with E-state index >= 15 is 0 Å². The highest BCUT2D eigenvalue weighted by molar-refractivity contribution is 5.77. The molecule has 0 saturated carbocycles. The second kappa shape index (κ2) is 12.4. The number of amides is 1. The number of aliphatic hydroxyl groups is 1. The first-order chi connectivity index (χ1) is 17.9. The summed E-state index contributed by atoms with van der Waals surface area (Å²) in [5, 5.41) is 16.8. The average Bonchev–Trinajstić information content (AvgIpc) is 2.91. The number of rotatable bonds is 10. The number of carbonyl (C=O) groups excluding carboxylic acids is 1. The smallest absolute Gasteiger partial charge is 0.220 e. The Kier molecular flexibility index (Phi) is 8.77.